The summed E-state index contributed by atoms with van der Waals surface area (Å²) in [7, 11) is 0. The molecular formula is C19H24N2O2. The zero-order valence-electron chi connectivity index (χ0n) is 13.9. The van der Waals surface area contributed by atoms with E-state index in [-0.39, 0.29) is 12.6 Å². The number of aliphatic hydroxyl groups is 1. The predicted molar refractivity (Wildman–Crippen MR) is 94.4 cm³/mol. The Morgan fingerprint density at radius 2 is 1.61 bits per heavy atom. The summed E-state index contributed by atoms with van der Waals surface area (Å²) in [6.07, 6.45) is 0. The lowest BCUT2D eigenvalue weighted by molar-refractivity contribution is 0.0501. The van der Waals surface area contributed by atoms with Crippen molar-refractivity contribution in [1.82, 2.24) is 4.90 Å². The van der Waals surface area contributed by atoms with Gasteiger partial charge in [0.15, 0.2) is 0 Å². The first-order chi connectivity index (χ1) is 10.9. The summed E-state index contributed by atoms with van der Waals surface area (Å²) in [5, 5.41) is 12.7. The maximum absolute atomic E-state index is 12.3. The van der Waals surface area contributed by atoms with Gasteiger partial charge in [0.1, 0.15) is 0 Å². The molecule has 2 aromatic carbocycles. The van der Waals surface area contributed by atoms with Crippen LogP contribution in [0, 0.1) is 0 Å². The number of benzene rings is 2. The first kappa shape index (κ1) is 17.0. The van der Waals surface area contributed by atoms with Crippen molar-refractivity contribution < 1.29 is 9.90 Å². The van der Waals surface area contributed by atoms with E-state index >= 15 is 0 Å². The zero-order valence-corrected chi connectivity index (χ0v) is 13.9. The van der Waals surface area contributed by atoms with E-state index in [1.54, 1.807) is 18.7 Å². The average Bonchev–Trinajstić information content (AvgIpc) is 2.53. The zero-order chi connectivity index (χ0) is 16.9. The molecule has 2 amide bonds. The number of nitrogens with one attached hydrogen (secondary N) is 1. The third-order valence-electron chi connectivity index (χ3n) is 3.49. The molecule has 0 aliphatic carbocycles. The van der Waals surface area contributed by atoms with Gasteiger partial charge in [0.05, 0.1) is 12.1 Å². The number of urea groups is 1. The Balaban J connectivity index is 2.04. The Kier molecular flexibility index (Phi) is 5.40. The summed E-state index contributed by atoms with van der Waals surface area (Å²) in [5.74, 6) is 0. The Bertz CT molecular complexity index is 631. The van der Waals surface area contributed by atoms with Gasteiger partial charge in [0, 0.05) is 12.2 Å². The molecular weight excluding hydrogens is 288 g/mol. The minimum absolute atomic E-state index is 0.206. The quantitative estimate of drug-likeness (QED) is 0.877. The molecule has 2 N–H and O–H groups in total. The molecule has 2 rings (SSSR count). The molecule has 0 saturated heterocycles. The number of amides is 2. The Morgan fingerprint density at radius 1 is 1.04 bits per heavy atom. The van der Waals surface area contributed by atoms with Crippen molar-refractivity contribution in [2.75, 3.05) is 18.4 Å². The van der Waals surface area contributed by atoms with E-state index in [0.717, 1.165) is 16.8 Å². The fourth-order valence-corrected chi connectivity index (χ4v) is 2.37. The maximum atomic E-state index is 12.3. The van der Waals surface area contributed by atoms with E-state index in [2.05, 4.69) is 17.4 Å². The van der Waals surface area contributed by atoms with Gasteiger partial charge in [-0.2, -0.15) is 0 Å². The van der Waals surface area contributed by atoms with Crippen LogP contribution in [0.15, 0.2) is 54.6 Å². The second kappa shape index (κ2) is 7.29. The molecule has 0 bridgehead atoms. The van der Waals surface area contributed by atoms with Crippen LogP contribution in [0.1, 0.15) is 20.8 Å². The largest absolute Gasteiger partial charge is 0.389 e. The van der Waals surface area contributed by atoms with Crippen LogP contribution < -0.4 is 5.32 Å². The van der Waals surface area contributed by atoms with E-state index in [4.69, 9.17) is 0 Å². The van der Waals surface area contributed by atoms with Gasteiger partial charge in [-0.05, 0) is 44.0 Å². The minimum atomic E-state index is -0.912. The molecule has 0 radical (unpaired) electrons. The molecule has 0 aromatic heterocycles. The summed E-state index contributed by atoms with van der Waals surface area (Å²) in [6, 6.07) is 17.6. The van der Waals surface area contributed by atoms with Crippen molar-refractivity contribution in [1.29, 1.82) is 0 Å². The average molecular weight is 312 g/mol. The maximum Gasteiger partial charge on any atom is 0.321 e. The van der Waals surface area contributed by atoms with Crippen LogP contribution in [0.3, 0.4) is 0 Å². The minimum Gasteiger partial charge on any atom is -0.389 e. The number of carbonyl (C=O) groups excluding carboxylic acids is 1. The number of hydrogen-bond acceptors (Lipinski definition) is 2. The van der Waals surface area contributed by atoms with Crippen LogP contribution in [0.5, 0.6) is 0 Å². The van der Waals surface area contributed by atoms with Gasteiger partial charge in [-0.25, -0.2) is 4.79 Å². The van der Waals surface area contributed by atoms with Crippen molar-refractivity contribution >= 4 is 11.7 Å². The predicted octanol–water partition coefficient (Wildman–Crippen LogP) is 3.98. The number of carbonyl (C=O) groups is 1. The van der Waals surface area contributed by atoms with Gasteiger partial charge >= 0.3 is 6.03 Å². The lowest BCUT2D eigenvalue weighted by Gasteiger charge is -2.28. The standard InChI is InChI=1S/C19H24N2O2/c1-4-21(14-19(2,3)23)18(22)20-17-12-10-16(11-13-17)15-8-6-5-7-9-15/h5-13,23H,4,14H2,1-3H3,(H,20,22). The second-order valence-electron chi connectivity index (χ2n) is 6.20. The van der Waals surface area contributed by atoms with Gasteiger partial charge in [-0.1, -0.05) is 42.5 Å². The molecule has 4 heteroatoms. The molecule has 0 aliphatic rings. The van der Waals surface area contributed by atoms with Gasteiger partial charge < -0.3 is 15.3 Å². The van der Waals surface area contributed by atoms with E-state index < -0.39 is 5.60 Å². The lowest BCUT2D eigenvalue weighted by Crippen LogP contribution is -2.44. The van der Waals surface area contributed by atoms with E-state index in [1.165, 1.54) is 0 Å². The van der Waals surface area contributed by atoms with Gasteiger partial charge in [-0.3, -0.25) is 0 Å². The van der Waals surface area contributed by atoms with E-state index in [9.17, 15) is 9.90 Å². The van der Waals surface area contributed by atoms with Crippen molar-refractivity contribution in [2.24, 2.45) is 0 Å². The monoisotopic (exact) mass is 312 g/mol. The summed E-state index contributed by atoms with van der Waals surface area (Å²) in [5.41, 5.74) is 2.07. The molecule has 0 spiro atoms. The van der Waals surface area contributed by atoms with Crippen LogP contribution in [0.25, 0.3) is 11.1 Å². The van der Waals surface area contributed by atoms with Crippen LogP contribution in [-0.2, 0) is 0 Å². The Hall–Kier alpha value is -2.33. The smallest absolute Gasteiger partial charge is 0.321 e. The van der Waals surface area contributed by atoms with E-state index in [0.29, 0.717) is 6.54 Å². The molecule has 2 aromatic rings. The molecule has 0 aliphatic heterocycles. The van der Waals surface area contributed by atoms with Crippen LogP contribution in [-0.4, -0.2) is 34.7 Å². The highest BCUT2D eigenvalue weighted by Crippen LogP contribution is 2.21. The molecule has 0 atom stereocenters. The third-order valence-corrected chi connectivity index (χ3v) is 3.49. The summed E-state index contributed by atoms with van der Waals surface area (Å²) in [6.45, 7) is 6.11. The van der Waals surface area contributed by atoms with Gasteiger partial charge in [-0.15, -0.1) is 0 Å². The molecule has 0 saturated carbocycles. The summed E-state index contributed by atoms with van der Waals surface area (Å²) < 4.78 is 0. The van der Waals surface area contributed by atoms with E-state index in [1.807, 2.05) is 49.4 Å². The number of anilines is 1. The highest BCUT2D eigenvalue weighted by molar-refractivity contribution is 5.89. The van der Waals surface area contributed by atoms with Gasteiger partial charge in [0.25, 0.3) is 0 Å². The fraction of sp³-hybridized carbons (Fsp3) is 0.316. The van der Waals surface area contributed by atoms with Crippen molar-refractivity contribution in [3.8, 4) is 11.1 Å². The Morgan fingerprint density at radius 3 is 2.13 bits per heavy atom. The molecule has 0 heterocycles. The Labute approximate surface area is 137 Å². The fourth-order valence-electron chi connectivity index (χ4n) is 2.37. The summed E-state index contributed by atoms with van der Waals surface area (Å²) in [4.78, 5) is 13.9. The number of likely N-dealkylation sites (N-methyl/N-ethyl adjacent to an activating group) is 1. The number of nitrogens with zero attached hydrogens (tertiary/aromatic N) is 1. The van der Waals surface area contributed by atoms with Gasteiger partial charge in [0.2, 0.25) is 0 Å². The highest BCUT2D eigenvalue weighted by atomic mass is 16.3. The molecule has 4 nitrogen and oxygen atoms in total. The SMILES string of the molecule is CCN(CC(C)(C)O)C(=O)Nc1ccc(-c2ccccc2)cc1. The number of rotatable bonds is 5. The first-order valence-corrected chi connectivity index (χ1v) is 7.83. The number of hydrogen-bond donors (Lipinski definition) is 2. The van der Waals surface area contributed by atoms with Crippen molar-refractivity contribution in [3.63, 3.8) is 0 Å². The molecule has 0 unspecified atom stereocenters. The van der Waals surface area contributed by atoms with Crippen LogP contribution >= 0.6 is 0 Å². The second-order valence-corrected chi connectivity index (χ2v) is 6.20. The molecule has 122 valence electrons. The third kappa shape index (κ3) is 5.11. The van der Waals surface area contributed by atoms with Crippen LogP contribution in [0.4, 0.5) is 10.5 Å². The highest BCUT2D eigenvalue weighted by Gasteiger charge is 2.21. The molecule has 0 fully saturated rings. The molecule has 23 heavy (non-hydrogen) atoms. The van der Waals surface area contributed by atoms with Crippen molar-refractivity contribution in [2.45, 2.75) is 26.4 Å². The van der Waals surface area contributed by atoms with Crippen molar-refractivity contribution in [3.05, 3.63) is 54.6 Å². The van der Waals surface area contributed by atoms with Crippen LogP contribution in [0.2, 0.25) is 0 Å². The lowest BCUT2D eigenvalue weighted by atomic mass is 10.1. The topological polar surface area (TPSA) is 52.6 Å². The first-order valence-electron chi connectivity index (χ1n) is 7.83. The normalized spacial score (nSPS) is 11.1. The summed E-state index contributed by atoms with van der Waals surface area (Å²) >= 11 is 0.